The van der Waals surface area contributed by atoms with Crippen molar-refractivity contribution < 1.29 is 13.2 Å². The Morgan fingerprint density at radius 2 is 1.74 bits per heavy atom. The molecule has 0 atom stereocenters. The average molecular weight is 405 g/mol. The zero-order valence-electron chi connectivity index (χ0n) is 15.0. The van der Waals surface area contributed by atoms with Crippen molar-refractivity contribution in [1.29, 1.82) is 0 Å². The molecule has 0 bridgehead atoms. The van der Waals surface area contributed by atoms with Gasteiger partial charge in [0.1, 0.15) is 5.69 Å². The Labute approximate surface area is 163 Å². The van der Waals surface area contributed by atoms with Gasteiger partial charge in [-0.25, -0.2) is 8.42 Å². The summed E-state index contributed by atoms with van der Waals surface area (Å²) in [6.07, 6.45) is 0.350. The predicted octanol–water partition coefficient (Wildman–Crippen LogP) is 3.57. The van der Waals surface area contributed by atoms with Crippen molar-refractivity contribution >= 4 is 38.2 Å². The van der Waals surface area contributed by atoms with Crippen molar-refractivity contribution in [3.05, 3.63) is 70.9 Å². The van der Waals surface area contributed by atoms with Crippen LogP contribution in [-0.2, 0) is 22.6 Å². The molecule has 1 amide bonds. The third-order valence-corrected chi connectivity index (χ3v) is 6.47. The highest BCUT2D eigenvalue weighted by molar-refractivity contribution is 7.90. The third-order valence-electron chi connectivity index (χ3n) is 4.41. The van der Waals surface area contributed by atoms with E-state index in [0.29, 0.717) is 17.1 Å². The number of aromatic nitrogens is 1. The normalized spacial score (nSPS) is 11.6. The number of hydrogen-bond acceptors (Lipinski definition) is 3. The van der Waals surface area contributed by atoms with E-state index in [1.807, 2.05) is 42.5 Å². The molecule has 0 spiro atoms. The molecule has 0 unspecified atom stereocenters. The van der Waals surface area contributed by atoms with Gasteiger partial charge in [-0.15, -0.1) is 0 Å². The first-order valence-corrected chi connectivity index (χ1v) is 10.8. The lowest BCUT2D eigenvalue weighted by Gasteiger charge is -2.08. The molecule has 0 fully saturated rings. The number of benzene rings is 2. The SMILES string of the molecule is Cn1c(C(=O)NCCCS(=O)(=O)Cc2ccccc2)c(Cl)c2ccccc21. The van der Waals surface area contributed by atoms with E-state index in [9.17, 15) is 13.2 Å². The summed E-state index contributed by atoms with van der Waals surface area (Å²) in [5, 5.41) is 3.99. The topological polar surface area (TPSA) is 68.2 Å². The highest BCUT2D eigenvalue weighted by Gasteiger charge is 2.19. The third kappa shape index (κ3) is 4.51. The summed E-state index contributed by atoms with van der Waals surface area (Å²) in [4.78, 5) is 12.5. The second-order valence-corrected chi connectivity index (χ2v) is 8.99. The predicted molar refractivity (Wildman–Crippen MR) is 109 cm³/mol. The van der Waals surface area contributed by atoms with Crippen LogP contribution >= 0.6 is 11.6 Å². The van der Waals surface area contributed by atoms with Crippen LogP contribution in [0.4, 0.5) is 0 Å². The first-order valence-electron chi connectivity index (χ1n) is 8.64. The highest BCUT2D eigenvalue weighted by Crippen LogP contribution is 2.29. The first kappa shape index (κ1) is 19.5. The number of para-hydroxylation sites is 1. The van der Waals surface area contributed by atoms with Crippen LogP contribution in [-0.4, -0.2) is 31.2 Å². The molecule has 1 heterocycles. The van der Waals surface area contributed by atoms with Crippen LogP contribution in [0.5, 0.6) is 0 Å². The zero-order valence-corrected chi connectivity index (χ0v) is 16.6. The number of rotatable bonds is 7. The fraction of sp³-hybridized carbons (Fsp3) is 0.250. The molecule has 5 nitrogen and oxygen atoms in total. The molecule has 3 aromatic rings. The number of aryl methyl sites for hydroxylation is 1. The summed E-state index contributed by atoms with van der Waals surface area (Å²) < 4.78 is 26.2. The van der Waals surface area contributed by atoms with Gasteiger partial charge in [-0.2, -0.15) is 0 Å². The summed E-state index contributed by atoms with van der Waals surface area (Å²) in [5.74, 6) is -0.277. The second-order valence-electron chi connectivity index (χ2n) is 6.43. The van der Waals surface area contributed by atoms with Gasteiger partial charge in [-0.3, -0.25) is 4.79 Å². The van der Waals surface area contributed by atoms with Gasteiger partial charge in [0.2, 0.25) is 0 Å². The molecule has 0 saturated heterocycles. The van der Waals surface area contributed by atoms with E-state index in [2.05, 4.69) is 5.32 Å². The first-order chi connectivity index (χ1) is 12.9. The van der Waals surface area contributed by atoms with Crippen LogP contribution < -0.4 is 5.32 Å². The number of halogens is 1. The molecular formula is C20H21ClN2O3S. The van der Waals surface area contributed by atoms with Crippen LogP contribution in [0, 0.1) is 0 Å². The van der Waals surface area contributed by atoms with Gasteiger partial charge in [-0.1, -0.05) is 60.1 Å². The molecule has 0 aliphatic heterocycles. The summed E-state index contributed by atoms with van der Waals surface area (Å²) >= 11 is 6.36. The van der Waals surface area contributed by atoms with Crippen molar-refractivity contribution in [2.75, 3.05) is 12.3 Å². The van der Waals surface area contributed by atoms with Crippen molar-refractivity contribution in [2.24, 2.45) is 7.05 Å². The number of sulfone groups is 1. The van der Waals surface area contributed by atoms with Gasteiger partial charge in [0.25, 0.3) is 5.91 Å². The monoisotopic (exact) mass is 404 g/mol. The Balaban J connectivity index is 1.57. The highest BCUT2D eigenvalue weighted by atomic mass is 35.5. The fourth-order valence-corrected chi connectivity index (χ4v) is 4.88. The van der Waals surface area contributed by atoms with E-state index in [1.54, 1.807) is 23.7 Å². The minimum absolute atomic E-state index is 0.0107. The number of amides is 1. The van der Waals surface area contributed by atoms with Crippen LogP contribution in [0.1, 0.15) is 22.5 Å². The smallest absolute Gasteiger partial charge is 0.269 e. The molecule has 1 N–H and O–H groups in total. The fourth-order valence-electron chi connectivity index (χ4n) is 3.08. The van der Waals surface area contributed by atoms with Crippen molar-refractivity contribution in [3.63, 3.8) is 0 Å². The summed E-state index contributed by atoms with van der Waals surface area (Å²) in [7, 11) is -1.43. The zero-order chi connectivity index (χ0) is 19.4. The van der Waals surface area contributed by atoms with E-state index < -0.39 is 9.84 Å². The van der Waals surface area contributed by atoms with Gasteiger partial charge in [0, 0.05) is 24.5 Å². The van der Waals surface area contributed by atoms with E-state index in [1.165, 1.54) is 0 Å². The maximum atomic E-state index is 12.5. The number of fused-ring (bicyclic) bond motifs is 1. The van der Waals surface area contributed by atoms with Crippen LogP contribution in [0.3, 0.4) is 0 Å². The van der Waals surface area contributed by atoms with Crippen molar-refractivity contribution in [2.45, 2.75) is 12.2 Å². The Morgan fingerprint density at radius 1 is 1.07 bits per heavy atom. The summed E-state index contributed by atoms with van der Waals surface area (Å²) in [5.41, 5.74) is 2.02. The molecule has 2 aromatic carbocycles. The van der Waals surface area contributed by atoms with Crippen LogP contribution in [0.15, 0.2) is 54.6 Å². The largest absolute Gasteiger partial charge is 0.351 e. The minimum atomic E-state index is -3.22. The Morgan fingerprint density at radius 3 is 2.44 bits per heavy atom. The summed E-state index contributed by atoms with van der Waals surface area (Å²) in [6, 6.07) is 16.6. The van der Waals surface area contributed by atoms with E-state index in [-0.39, 0.29) is 24.0 Å². The lowest BCUT2D eigenvalue weighted by atomic mass is 10.2. The van der Waals surface area contributed by atoms with Gasteiger partial charge in [0.05, 0.1) is 16.5 Å². The van der Waals surface area contributed by atoms with E-state index in [4.69, 9.17) is 11.6 Å². The maximum absolute atomic E-state index is 12.5. The van der Waals surface area contributed by atoms with Crippen molar-refractivity contribution in [3.8, 4) is 0 Å². The molecule has 142 valence electrons. The van der Waals surface area contributed by atoms with Gasteiger partial charge < -0.3 is 9.88 Å². The number of nitrogens with zero attached hydrogens (tertiary/aromatic N) is 1. The van der Waals surface area contributed by atoms with Gasteiger partial charge in [-0.05, 0) is 18.1 Å². The Bertz CT molecular complexity index is 1020. The molecule has 0 aliphatic carbocycles. The maximum Gasteiger partial charge on any atom is 0.269 e. The molecule has 0 saturated carbocycles. The van der Waals surface area contributed by atoms with Crippen molar-refractivity contribution in [1.82, 2.24) is 9.88 Å². The van der Waals surface area contributed by atoms with Gasteiger partial charge >= 0.3 is 0 Å². The molecule has 0 aliphatic rings. The average Bonchev–Trinajstić information content (AvgIpc) is 2.90. The van der Waals surface area contributed by atoms with Crippen LogP contribution in [0.25, 0.3) is 10.9 Å². The molecule has 1 aromatic heterocycles. The quantitative estimate of drug-likeness (QED) is 0.612. The van der Waals surface area contributed by atoms with E-state index >= 15 is 0 Å². The Kier molecular flexibility index (Phi) is 5.87. The standard InChI is InChI=1S/C20H21ClN2O3S/c1-23-17-11-6-5-10-16(17)18(21)19(23)20(24)22-12-7-13-27(25,26)14-15-8-3-2-4-9-15/h2-6,8-11H,7,12-14H2,1H3,(H,22,24). The second kappa shape index (κ2) is 8.15. The lowest BCUT2D eigenvalue weighted by Crippen LogP contribution is -2.28. The molecular weight excluding hydrogens is 384 g/mol. The molecule has 7 heteroatoms. The molecule has 27 heavy (non-hydrogen) atoms. The minimum Gasteiger partial charge on any atom is -0.351 e. The number of hydrogen-bond donors (Lipinski definition) is 1. The molecule has 0 radical (unpaired) electrons. The number of carbonyl (C=O) groups excluding carboxylic acids is 1. The van der Waals surface area contributed by atoms with Crippen LogP contribution in [0.2, 0.25) is 5.02 Å². The number of nitrogens with one attached hydrogen (secondary N) is 1. The van der Waals surface area contributed by atoms with E-state index in [0.717, 1.165) is 16.5 Å². The number of carbonyl (C=O) groups is 1. The lowest BCUT2D eigenvalue weighted by molar-refractivity contribution is 0.0946. The van der Waals surface area contributed by atoms with Gasteiger partial charge in [0.15, 0.2) is 9.84 Å². The summed E-state index contributed by atoms with van der Waals surface area (Å²) in [6.45, 7) is 0.269. The molecule has 3 rings (SSSR count). The Hall–Kier alpha value is -2.31.